The summed E-state index contributed by atoms with van der Waals surface area (Å²) in [4.78, 5) is 0.993. The molecule has 0 unspecified atom stereocenters. The highest BCUT2D eigenvalue weighted by Crippen LogP contribution is 2.14. The van der Waals surface area contributed by atoms with Crippen LogP contribution >= 0.6 is 11.3 Å². The van der Waals surface area contributed by atoms with Gasteiger partial charge in [0.05, 0.1) is 13.2 Å². The Balaban J connectivity index is 2.59. The van der Waals surface area contributed by atoms with Crippen LogP contribution in [0.3, 0.4) is 0 Å². The van der Waals surface area contributed by atoms with E-state index in [0.717, 1.165) is 10.4 Å². The molecule has 3 heteroatoms. The summed E-state index contributed by atoms with van der Waals surface area (Å²) in [7, 11) is 1.66. The summed E-state index contributed by atoms with van der Waals surface area (Å²) in [5.74, 6) is 0. The molecule has 1 aromatic heterocycles. The normalized spacial score (nSPS) is 10.2. The number of hydrogen-bond acceptors (Lipinski definition) is 3. The van der Waals surface area contributed by atoms with Crippen molar-refractivity contribution in [3.8, 4) is 0 Å². The van der Waals surface area contributed by atoms with Crippen LogP contribution in [0.25, 0.3) is 0 Å². The number of rotatable bonds is 3. The second-order valence-corrected chi connectivity index (χ2v) is 3.01. The first-order valence-electron chi connectivity index (χ1n) is 3.03. The van der Waals surface area contributed by atoms with Crippen molar-refractivity contribution in [3.63, 3.8) is 0 Å². The summed E-state index contributed by atoms with van der Waals surface area (Å²) >= 11 is 1.56. The van der Waals surface area contributed by atoms with Crippen molar-refractivity contribution >= 4 is 11.3 Å². The van der Waals surface area contributed by atoms with Crippen LogP contribution in [0.4, 0.5) is 0 Å². The molecule has 1 aromatic rings. The fourth-order valence-electron chi connectivity index (χ4n) is 0.751. The average Bonchev–Trinajstić information content (AvgIpc) is 2.37. The molecule has 0 saturated heterocycles. The predicted molar refractivity (Wildman–Crippen MR) is 41.0 cm³/mol. The Morgan fingerprint density at radius 3 is 3.00 bits per heavy atom. The zero-order valence-electron chi connectivity index (χ0n) is 5.83. The van der Waals surface area contributed by atoms with Gasteiger partial charge in [0, 0.05) is 12.0 Å². The van der Waals surface area contributed by atoms with Gasteiger partial charge >= 0.3 is 0 Å². The van der Waals surface area contributed by atoms with E-state index in [9.17, 15) is 0 Å². The van der Waals surface area contributed by atoms with Gasteiger partial charge in [0.1, 0.15) is 0 Å². The molecule has 56 valence electrons. The van der Waals surface area contributed by atoms with Crippen molar-refractivity contribution in [1.29, 1.82) is 0 Å². The van der Waals surface area contributed by atoms with E-state index in [2.05, 4.69) is 0 Å². The third-order valence-corrected chi connectivity index (χ3v) is 2.15. The van der Waals surface area contributed by atoms with Crippen molar-refractivity contribution in [2.45, 2.75) is 13.2 Å². The van der Waals surface area contributed by atoms with Gasteiger partial charge in [0.15, 0.2) is 0 Å². The summed E-state index contributed by atoms with van der Waals surface area (Å²) in [5, 5.41) is 10.7. The number of ether oxygens (including phenoxy) is 1. The molecule has 10 heavy (non-hydrogen) atoms. The second-order valence-electron chi connectivity index (χ2n) is 2.01. The van der Waals surface area contributed by atoms with E-state index in [-0.39, 0.29) is 6.61 Å². The van der Waals surface area contributed by atoms with Gasteiger partial charge in [-0.05, 0) is 17.0 Å². The van der Waals surface area contributed by atoms with E-state index < -0.39 is 0 Å². The monoisotopic (exact) mass is 158 g/mol. The van der Waals surface area contributed by atoms with Crippen molar-refractivity contribution in [2.75, 3.05) is 7.11 Å². The van der Waals surface area contributed by atoms with E-state index in [0.29, 0.717) is 6.61 Å². The molecule has 2 nitrogen and oxygen atoms in total. The van der Waals surface area contributed by atoms with Gasteiger partial charge in [-0.25, -0.2) is 0 Å². The Bertz CT molecular complexity index is 195. The second kappa shape index (κ2) is 3.71. The van der Waals surface area contributed by atoms with E-state index in [1.807, 2.05) is 11.4 Å². The largest absolute Gasteiger partial charge is 0.391 e. The molecule has 1 rings (SSSR count). The van der Waals surface area contributed by atoms with Crippen LogP contribution in [0.15, 0.2) is 11.4 Å². The lowest BCUT2D eigenvalue weighted by Crippen LogP contribution is -1.82. The summed E-state index contributed by atoms with van der Waals surface area (Å²) < 4.78 is 4.91. The Labute approximate surface area is 64.1 Å². The maximum atomic E-state index is 8.69. The lowest BCUT2D eigenvalue weighted by molar-refractivity contribution is 0.185. The maximum absolute atomic E-state index is 8.69. The van der Waals surface area contributed by atoms with Crippen molar-refractivity contribution in [3.05, 3.63) is 21.9 Å². The Hall–Kier alpha value is -0.380. The average molecular weight is 158 g/mol. The molecular weight excluding hydrogens is 148 g/mol. The standard InChI is InChI=1S/C7H10O2S/c1-9-4-6-2-7(3-8)10-5-6/h2,5,8H,3-4H2,1H3. The summed E-state index contributed by atoms with van der Waals surface area (Å²) in [6, 6.07) is 1.95. The number of thiophene rings is 1. The third-order valence-electron chi connectivity index (χ3n) is 1.17. The Morgan fingerprint density at radius 1 is 1.70 bits per heavy atom. The van der Waals surface area contributed by atoms with Gasteiger partial charge in [-0.1, -0.05) is 0 Å². The minimum absolute atomic E-state index is 0.133. The van der Waals surface area contributed by atoms with E-state index in [1.54, 1.807) is 18.4 Å². The van der Waals surface area contributed by atoms with Gasteiger partial charge in [0.25, 0.3) is 0 Å². The van der Waals surface area contributed by atoms with Gasteiger partial charge in [-0.2, -0.15) is 0 Å². The van der Waals surface area contributed by atoms with Crippen molar-refractivity contribution in [2.24, 2.45) is 0 Å². The number of aliphatic hydroxyl groups is 1. The molecule has 1 heterocycles. The molecule has 0 fully saturated rings. The molecule has 0 radical (unpaired) electrons. The smallest absolute Gasteiger partial charge is 0.0774 e. The van der Waals surface area contributed by atoms with Crippen LogP contribution in [-0.4, -0.2) is 12.2 Å². The minimum atomic E-state index is 0.133. The quantitative estimate of drug-likeness (QED) is 0.720. The SMILES string of the molecule is COCc1csc(CO)c1. The minimum Gasteiger partial charge on any atom is -0.391 e. The summed E-state index contributed by atoms with van der Waals surface area (Å²) in [6.07, 6.45) is 0. The molecule has 0 spiro atoms. The molecule has 0 bridgehead atoms. The van der Waals surface area contributed by atoms with Gasteiger partial charge in [0.2, 0.25) is 0 Å². The number of aliphatic hydroxyl groups excluding tert-OH is 1. The highest BCUT2D eigenvalue weighted by molar-refractivity contribution is 7.10. The zero-order valence-corrected chi connectivity index (χ0v) is 6.65. The highest BCUT2D eigenvalue weighted by Gasteiger charge is 1.96. The van der Waals surface area contributed by atoms with Gasteiger partial charge < -0.3 is 9.84 Å². The lowest BCUT2D eigenvalue weighted by Gasteiger charge is -1.90. The van der Waals surface area contributed by atoms with Crippen LogP contribution < -0.4 is 0 Å². The molecule has 0 aliphatic rings. The van der Waals surface area contributed by atoms with E-state index in [4.69, 9.17) is 9.84 Å². The molecule has 0 amide bonds. The number of hydrogen-bond donors (Lipinski definition) is 1. The predicted octanol–water partition coefficient (Wildman–Crippen LogP) is 1.39. The molecule has 0 saturated carbocycles. The third kappa shape index (κ3) is 1.80. The topological polar surface area (TPSA) is 29.5 Å². The summed E-state index contributed by atoms with van der Waals surface area (Å²) in [6.45, 7) is 0.769. The summed E-state index contributed by atoms with van der Waals surface area (Å²) in [5.41, 5.74) is 1.14. The van der Waals surface area contributed by atoms with Crippen LogP contribution in [0.1, 0.15) is 10.4 Å². The molecule has 0 aliphatic heterocycles. The zero-order chi connectivity index (χ0) is 7.40. The van der Waals surface area contributed by atoms with Gasteiger partial charge in [-0.3, -0.25) is 0 Å². The Kier molecular flexibility index (Phi) is 2.86. The first-order valence-corrected chi connectivity index (χ1v) is 3.91. The highest BCUT2D eigenvalue weighted by atomic mass is 32.1. The van der Waals surface area contributed by atoms with Crippen molar-refractivity contribution in [1.82, 2.24) is 0 Å². The Morgan fingerprint density at radius 2 is 2.50 bits per heavy atom. The molecule has 1 N–H and O–H groups in total. The van der Waals surface area contributed by atoms with Crippen LogP contribution in [0.5, 0.6) is 0 Å². The number of methoxy groups -OCH3 is 1. The van der Waals surface area contributed by atoms with Crippen LogP contribution in [-0.2, 0) is 18.0 Å². The van der Waals surface area contributed by atoms with Crippen molar-refractivity contribution < 1.29 is 9.84 Å². The van der Waals surface area contributed by atoms with Gasteiger partial charge in [-0.15, -0.1) is 11.3 Å². The molecule has 0 aliphatic carbocycles. The fourth-order valence-corrected chi connectivity index (χ4v) is 1.48. The molecule has 0 atom stereocenters. The first-order chi connectivity index (χ1) is 4.86. The maximum Gasteiger partial charge on any atom is 0.0774 e. The molecular formula is C7H10O2S. The van der Waals surface area contributed by atoms with E-state index in [1.165, 1.54) is 0 Å². The van der Waals surface area contributed by atoms with E-state index >= 15 is 0 Å². The fraction of sp³-hybridized carbons (Fsp3) is 0.429. The van der Waals surface area contributed by atoms with Crippen LogP contribution in [0, 0.1) is 0 Å². The van der Waals surface area contributed by atoms with Crippen LogP contribution in [0.2, 0.25) is 0 Å². The first kappa shape index (κ1) is 7.72. The molecule has 0 aromatic carbocycles. The lowest BCUT2D eigenvalue weighted by atomic mass is 10.3.